The highest BCUT2D eigenvalue weighted by Gasteiger charge is 2.32. The molecule has 27 heavy (non-hydrogen) atoms. The molecule has 0 N–H and O–H groups in total. The first-order valence-electron chi connectivity index (χ1n) is 8.66. The van der Waals surface area contributed by atoms with E-state index in [9.17, 15) is 9.18 Å². The third-order valence-electron chi connectivity index (χ3n) is 4.73. The fourth-order valence-electron chi connectivity index (χ4n) is 3.46. The van der Waals surface area contributed by atoms with Crippen LogP contribution in [0.5, 0.6) is 11.5 Å². The van der Waals surface area contributed by atoms with Crippen molar-refractivity contribution in [3.8, 4) is 22.8 Å². The quantitative estimate of drug-likeness (QED) is 0.651. The SMILES string of the molecule is COc1ccccc1-c1cc(COc2ccc(F)c3c2C(=O)C[C@@H]3C)on1. The van der Waals surface area contributed by atoms with Gasteiger partial charge in [-0.1, -0.05) is 24.2 Å². The van der Waals surface area contributed by atoms with Gasteiger partial charge < -0.3 is 14.0 Å². The normalized spacial score (nSPS) is 15.7. The van der Waals surface area contributed by atoms with Gasteiger partial charge in [-0.05, 0) is 30.2 Å². The van der Waals surface area contributed by atoms with Crippen molar-refractivity contribution < 1.29 is 23.2 Å². The Balaban J connectivity index is 1.56. The molecule has 0 aliphatic heterocycles. The third-order valence-corrected chi connectivity index (χ3v) is 4.73. The number of nitrogens with zero attached hydrogens (tertiary/aromatic N) is 1. The molecule has 1 atom stereocenters. The lowest BCUT2D eigenvalue weighted by Gasteiger charge is -2.10. The number of ether oxygens (including phenoxy) is 2. The molecule has 1 aromatic heterocycles. The van der Waals surface area contributed by atoms with Crippen molar-refractivity contribution >= 4 is 5.78 Å². The Bertz CT molecular complexity index is 1010. The highest BCUT2D eigenvalue weighted by atomic mass is 19.1. The highest BCUT2D eigenvalue weighted by molar-refractivity contribution is 6.03. The van der Waals surface area contributed by atoms with E-state index in [0.717, 1.165) is 5.56 Å². The van der Waals surface area contributed by atoms with Gasteiger partial charge in [0.25, 0.3) is 0 Å². The summed E-state index contributed by atoms with van der Waals surface area (Å²) in [6.45, 7) is 1.93. The molecular formula is C21H18FNO4. The standard InChI is InChI=1S/C21H18FNO4/c1-12-9-17(24)21-19(8-7-15(22)20(12)21)26-11-13-10-16(23-27-13)14-5-3-4-6-18(14)25-2/h3-8,10,12H,9,11H2,1-2H3/t12-/m0/s1. The third kappa shape index (κ3) is 3.07. The lowest BCUT2D eigenvalue weighted by molar-refractivity contribution is 0.0985. The molecule has 0 fully saturated rings. The van der Waals surface area contributed by atoms with Gasteiger partial charge in [-0.15, -0.1) is 0 Å². The number of halogens is 1. The molecule has 1 aliphatic rings. The van der Waals surface area contributed by atoms with Crippen molar-refractivity contribution in [2.45, 2.75) is 25.9 Å². The summed E-state index contributed by atoms with van der Waals surface area (Å²) >= 11 is 0. The topological polar surface area (TPSA) is 61.6 Å². The number of carbonyl (C=O) groups excluding carboxylic acids is 1. The van der Waals surface area contributed by atoms with Crippen LogP contribution in [0.1, 0.15) is 40.9 Å². The smallest absolute Gasteiger partial charge is 0.174 e. The Morgan fingerprint density at radius 2 is 2.04 bits per heavy atom. The maximum absolute atomic E-state index is 14.1. The van der Waals surface area contributed by atoms with E-state index in [0.29, 0.717) is 40.5 Å². The maximum Gasteiger partial charge on any atom is 0.174 e. The second kappa shape index (κ2) is 6.87. The van der Waals surface area contributed by atoms with Crippen molar-refractivity contribution in [3.63, 3.8) is 0 Å². The predicted molar refractivity (Wildman–Crippen MR) is 96.6 cm³/mol. The number of ketones is 1. The van der Waals surface area contributed by atoms with E-state index >= 15 is 0 Å². The van der Waals surface area contributed by atoms with Crippen molar-refractivity contribution in [3.05, 3.63) is 65.2 Å². The summed E-state index contributed by atoms with van der Waals surface area (Å²) in [5.41, 5.74) is 2.21. The van der Waals surface area contributed by atoms with E-state index in [4.69, 9.17) is 14.0 Å². The average molecular weight is 367 g/mol. The van der Waals surface area contributed by atoms with Crippen LogP contribution in [0.15, 0.2) is 47.0 Å². The van der Waals surface area contributed by atoms with Crippen LogP contribution in [0.4, 0.5) is 4.39 Å². The van der Waals surface area contributed by atoms with Crippen LogP contribution in [0.3, 0.4) is 0 Å². The zero-order valence-corrected chi connectivity index (χ0v) is 15.0. The summed E-state index contributed by atoms with van der Waals surface area (Å²) in [6.07, 6.45) is 0.298. The van der Waals surface area contributed by atoms with E-state index in [-0.39, 0.29) is 24.1 Å². The fraction of sp³-hybridized carbons (Fsp3) is 0.238. The number of Topliss-reactive ketones (excluding diaryl/α,β-unsaturated/α-hetero) is 1. The van der Waals surface area contributed by atoms with Gasteiger partial charge in [-0.25, -0.2) is 4.39 Å². The molecule has 0 unspecified atom stereocenters. The Labute approximate surface area is 155 Å². The number of fused-ring (bicyclic) bond motifs is 1. The van der Waals surface area contributed by atoms with Crippen molar-refractivity contribution in [2.24, 2.45) is 0 Å². The van der Waals surface area contributed by atoms with Crippen LogP contribution < -0.4 is 9.47 Å². The predicted octanol–water partition coefficient (Wildman–Crippen LogP) is 4.76. The maximum atomic E-state index is 14.1. The molecule has 1 aliphatic carbocycles. The van der Waals surface area contributed by atoms with Crippen LogP contribution in [0.2, 0.25) is 0 Å². The molecule has 138 valence electrons. The summed E-state index contributed by atoms with van der Waals surface area (Å²) in [4.78, 5) is 12.2. The number of hydrogen-bond acceptors (Lipinski definition) is 5. The minimum Gasteiger partial charge on any atom is -0.496 e. The molecule has 0 amide bonds. The number of methoxy groups -OCH3 is 1. The Morgan fingerprint density at radius 1 is 1.22 bits per heavy atom. The Hall–Kier alpha value is -3.15. The van der Waals surface area contributed by atoms with Gasteiger partial charge in [0.2, 0.25) is 0 Å². The summed E-state index contributed by atoms with van der Waals surface area (Å²) in [7, 11) is 1.59. The molecule has 0 saturated carbocycles. The van der Waals surface area contributed by atoms with Crippen LogP contribution in [0, 0.1) is 5.82 Å². The van der Waals surface area contributed by atoms with Crippen molar-refractivity contribution in [2.75, 3.05) is 7.11 Å². The van der Waals surface area contributed by atoms with Crippen LogP contribution in [0.25, 0.3) is 11.3 Å². The van der Waals surface area contributed by atoms with Gasteiger partial charge in [0.05, 0.1) is 12.7 Å². The zero-order valence-electron chi connectivity index (χ0n) is 15.0. The van der Waals surface area contributed by atoms with Gasteiger partial charge in [-0.2, -0.15) is 0 Å². The van der Waals surface area contributed by atoms with Crippen LogP contribution in [-0.4, -0.2) is 18.0 Å². The van der Waals surface area contributed by atoms with Gasteiger partial charge in [0.1, 0.15) is 29.6 Å². The van der Waals surface area contributed by atoms with E-state index < -0.39 is 0 Å². The van der Waals surface area contributed by atoms with E-state index in [1.165, 1.54) is 12.1 Å². The van der Waals surface area contributed by atoms with E-state index in [2.05, 4.69) is 5.16 Å². The minimum atomic E-state index is -0.367. The number of benzene rings is 2. The lowest BCUT2D eigenvalue weighted by Crippen LogP contribution is -2.02. The highest BCUT2D eigenvalue weighted by Crippen LogP contribution is 2.40. The molecule has 5 nitrogen and oxygen atoms in total. The first-order chi connectivity index (χ1) is 13.1. The van der Waals surface area contributed by atoms with Crippen molar-refractivity contribution in [1.29, 1.82) is 0 Å². The molecule has 3 aromatic rings. The average Bonchev–Trinajstić information content (AvgIpc) is 3.26. The van der Waals surface area contributed by atoms with Gasteiger partial charge in [0, 0.05) is 23.6 Å². The monoisotopic (exact) mass is 367 g/mol. The molecule has 0 saturated heterocycles. The minimum absolute atomic E-state index is 0.0852. The molecule has 2 aromatic carbocycles. The molecule has 4 rings (SSSR count). The lowest BCUT2D eigenvalue weighted by atomic mass is 10.0. The van der Waals surface area contributed by atoms with Crippen LogP contribution >= 0.6 is 0 Å². The Morgan fingerprint density at radius 3 is 2.85 bits per heavy atom. The summed E-state index contributed by atoms with van der Waals surface area (Å²) in [5.74, 6) is 0.948. The molecule has 0 spiro atoms. The second-order valence-corrected chi connectivity index (χ2v) is 6.53. The van der Waals surface area contributed by atoms with Gasteiger partial charge >= 0.3 is 0 Å². The summed E-state index contributed by atoms with van der Waals surface area (Å²) in [6, 6.07) is 12.1. The molecule has 6 heteroatoms. The van der Waals surface area contributed by atoms with Gasteiger partial charge in [-0.3, -0.25) is 4.79 Å². The molecular weight excluding hydrogens is 349 g/mol. The zero-order chi connectivity index (χ0) is 19.0. The fourth-order valence-corrected chi connectivity index (χ4v) is 3.46. The molecule has 1 heterocycles. The molecule has 0 bridgehead atoms. The van der Waals surface area contributed by atoms with E-state index in [1.54, 1.807) is 13.2 Å². The number of aromatic nitrogens is 1. The summed E-state index contributed by atoms with van der Waals surface area (Å²) < 4.78 is 30.5. The first-order valence-corrected chi connectivity index (χ1v) is 8.66. The Kier molecular flexibility index (Phi) is 4.39. The van der Waals surface area contributed by atoms with Crippen molar-refractivity contribution in [1.82, 2.24) is 5.16 Å². The number of carbonyl (C=O) groups is 1. The number of para-hydroxylation sites is 1. The number of hydrogen-bond donors (Lipinski definition) is 0. The molecule has 0 radical (unpaired) electrons. The number of rotatable bonds is 5. The van der Waals surface area contributed by atoms with Gasteiger partial charge in [0.15, 0.2) is 11.5 Å². The largest absolute Gasteiger partial charge is 0.496 e. The van der Waals surface area contributed by atoms with E-state index in [1.807, 2.05) is 31.2 Å². The first kappa shape index (κ1) is 17.3. The second-order valence-electron chi connectivity index (χ2n) is 6.53. The summed E-state index contributed by atoms with van der Waals surface area (Å²) in [5, 5.41) is 4.06. The van der Waals surface area contributed by atoms with Crippen LogP contribution in [-0.2, 0) is 6.61 Å².